The Morgan fingerprint density at radius 2 is 1.71 bits per heavy atom. The quantitative estimate of drug-likeness (QED) is 0.334. The Labute approximate surface area is 186 Å². The van der Waals surface area contributed by atoms with Crippen molar-refractivity contribution in [2.75, 3.05) is 13.2 Å². The first-order valence-corrected chi connectivity index (χ1v) is 10.4. The number of fused-ring (bicyclic) bond motifs is 3. The SMILES string of the molecule is O=Cc1cc(Cl)cc(C#CCCNC(=O)OCC2c3ccccc3-c3ccccc32)c1. The summed E-state index contributed by atoms with van der Waals surface area (Å²) in [6, 6.07) is 21.4. The largest absolute Gasteiger partial charge is 0.449 e. The van der Waals surface area contributed by atoms with E-state index in [0.717, 1.165) is 6.29 Å². The number of amides is 1. The lowest BCUT2D eigenvalue weighted by molar-refractivity contribution is 0.112. The molecule has 0 saturated heterocycles. The molecule has 1 aliphatic rings. The van der Waals surface area contributed by atoms with E-state index >= 15 is 0 Å². The van der Waals surface area contributed by atoms with E-state index in [-0.39, 0.29) is 12.5 Å². The van der Waals surface area contributed by atoms with Gasteiger partial charge in [0.1, 0.15) is 12.9 Å². The number of alkyl carbamates (subject to hydrolysis) is 1. The minimum atomic E-state index is -0.463. The van der Waals surface area contributed by atoms with E-state index in [9.17, 15) is 9.59 Å². The third-order valence-electron chi connectivity index (χ3n) is 5.15. The Hall–Kier alpha value is -3.55. The molecule has 4 nitrogen and oxygen atoms in total. The van der Waals surface area contributed by atoms with Gasteiger partial charge in [0, 0.05) is 35.0 Å². The van der Waals surface area contributed by atoms with Crippen LogP contribution in [0.4, 0.5) is 4.79 Å². The highest BCUT2D eigenvalue weighted by Gasteiger charge is 2.28. The molecule has 3 aromatic carbocycles. The van der Waals surface area contributed by atoms with Crippen LogP contribution in [0.15, 0.2) is 66.7 Å². The molecule has 0 heterocycles. The van der Waals surface area contributed by atoms with Gasteiger partial charge in [-0.1, -0.05) is 72.0 Å². The summed E-state index contributed by atoms with van der Waals surface area (Å²) in [6.07, 6.45) is 0.720. The topological polar surface area (TPSA) is 55.4 Å². The molecule has 0 fully saturated rings. The van der Waals surface area contributed by atoms with Crippen LogP contribution in [0.2, 0.25) is 5.02 Å². The highest BCUT2D eigenvalue weighted by molar-refractivity contribution is 6.31. The van der Waals surface area contributed by atoms with Crippen molar-refractivity contribution in [3.63, 3.8) is 0 Å². The van der Waals surface area contributed by atoms with Gasteiger partial charge < -0.3 is 10.1 Å². The maximum Gasteiger partial charge on any atom is 0.407 e. The summed E-state index contributed by atoms with van der Waals surface area (Å²) in [5.74, 6) is 5.95. The number of hydrogen-bond acceptors (Lipinski definition) is 3. The second-order valence-corrected chi connectivity index (χ2v) is 7.63. The molecule has 154 valence electrons. The molecule has 0 radical (unpaired) electrons. The molecule has 3 aromatic rings. The number of nitrogens with one attached hydrogen (secondary N) is 1. The predicted octanol–water partition coefficient (Wildman–Crippen LogP) is 5.43. The number of carbonyl (C=O) groups is 2. The van der Waals surface area contributed by atoms with Crippen LogP contribution in [-0.4, -0.2) is 25.5 Å². The summed E-state index contributed by atoms with van der Waals surface area (Å²) in [6.45, 7) is 0.646. The first kappa shape index (κ1) is 20.7. The zero-order valence-corrected chi connectivity index (χ0v) is 17.5. The summed E-state index contributed by atoms with van der Waals surface area (Å²) in [7, 11) is 0. The number of hydrogen-bond donors (Lipinski definition) is 1. The number of ether oxygens (including phenoxy) is 1. The van der Waals surface area contributed by atoms with Crippen molar-refractivity contribution in [3.8, 4) is 23.0 Å². The minimum absolute atomic E-state index is 0.0350. The van der Waals surface area contributed by atoms with Crippen molar-refractivity contribution in [3.05, 3.63) is 94.0 Å². The third-order valence-corrected chi connectivity index (χ3v) is 5.37. The molecule has 0 atom stereocenters. The molecule has 0 unspecified atom stereocenters. The summed E-state index contributed by atoms with van der Waals surface area (Å²) in [5, 5.41) is 3.19. The van der Waals surface area contributed by atoms with E-state index in [1.165, 1.54) is 22.3 Å². The second-order valence-electron chi connectivity index (χ2n) is 7.20. The van der Waals surface area contributed by atoms with Crippen LogP contribution < -0.4 is 5.32 Å². The van der Waals surface area contributed by atoms with Crippen LogP contribution in [0.5, 0.6) is 0 Å². The molecule has 0 aromatic heterocycles. The van der Waals surface area contributed by atoms with Gasteiger partial charge in [0.05, 0.1) is 0 Å². The maximum absolute atomic E-state index is 12.1. The van der Waals surface area contributed by atoms with Crippen LogP contribution in [0.1, 0.15) is 39.4 Å². The average molecular weight is 430 g/mol. The van der Waals surface area contributed by atoms with Crippen LogP contribution in [0.3, 0.4) is 0 Å². The van der Waals surface area contributed by atoms with Gasteiger partial charge in [-0.05, 0) is 40.5 Å². The molecule has 1 aliphatic carbocycles. The summed E-state index contributed by atoms with van der Waals surface area (Å²) in [5.41, 5.74) is 5.89. The molecular formula is C26H20ClNO3. The fraction of sp³-hybridized carbons (Fsp3) is 0.154. The maximum atomic E-state index is 12.1. The molecular weight excluding hydrogens is 410 g/mol. The standard InChI is InChI=1S/C26H20ClNO3/c27-20-14-18(13-19(15-20)16-29)7-5-6-12-28-26(30)31-17-25-23-10-3-1-8-21(23)22-9-2-4-11-24(22)25/h1-4,8-11,13-16,25H,6,12,17H2,(H,28,30). The zero-order chi connectivity index (χ0) is 21.6. The average Bonchev–Trinajstić information content (AvgIpc) is 3.11. The Morgan fingerprint density at radius 3 is 2.39 bits per heavy atom. The summed E-state index contributed by atoms with van der Waals surface area (Å²) < 4.78 is 5.50. The number of benzene rings is 3. The van der Waals surface area contributed by atoms with Crippen molar-refractivity contribution >= 4 is 24.0 Å². The molecule has 0 spiro atoms. The lowest BCUT2D eigenvalue weighted by atomic mass is 9.98. The molecule has 4 rings (SSSR count). The van der Waals surface area contributed by atoms with Crippen LogP contribution in [0.25, 0.3) is 11.1 Å². The highest BCUT2D eigenvalue weighted by Crippen LogP contribution is 2.44. The lowest BCUT2D eigenvalue weighted by Gasteiger charge is -2.14. The lowest BCUT2D eigenvalue weighted by Crippen LogP contribution is -2.26. The highest BCUT2D eigenvalue weighted by atomic mass is 35.5. The van der Waals surface area contributed by atoms with Crippen LogP contribution in [-0.2, 0) is 4.74 Å². The molecule has 5 heteroatoms. The monoisotopic (exact) mass is 429 g/mol. The normalized spacial score (nSPS) is 11.6. The summed E-state index contributed by atoms with van der Waals surface area (Å²) >= 11 is 5.96. The zero-order valence-electron chi connectivity index (χ0n) is 16.7. The second kappa shape index (κ2) is 9.51. The molecule has 0 saturated carbocycles. The number of carbonyl (C=O) groups excluding carboxylic acids is 2. The van der Waals surface area contributed by atoms with E-state index in [4.69, 9.17) is 16.3 Å². The van der Waals surface area contributed by atoms with E-state index in [0.29, 0.717) is 29.1 Å². The fourth-order valence-corrected chi connectivity index (χ4v) is 4.04. The number of rotatable bonds is 5. The van der Waals surface area contributed by atoms with Gasteiger partial charge in [-0.25, -0.2) is 4.79 Å². The van der Waals surface area contributed by atoms with E-state index in [1.54, 1.807) is 18.2 Å². The Kier molecular flexibility index (Phi) is 6.35. The smallest absolute Gasteiger partial charge is 0.407 e. The van der Waals surface area contributed by atoms with Crippen molar-refractivity contribution in [1.29, 1.82) is 0 Å². The number of halogens is 1. The predicted molar refractivity (Wildman–Crippen MR) is 121 cm³/mol. The first-order valence-electron chi connectivity index (χ1n) is 9.99. The molecule has 0 bridgehead atoms. The van der Waals surface area contributed by atoms with Gasteiger partial charge in [0.25, 0.3) is 0 Å². The van der Waals surface area contributed by atoms with Gasteiger partial charge >= 0.3 is 6.09 Å². The van der Waals surface area contributed by atoms with Gasteiger partial charge in [-0.3, -0.25) is 4.79 Å². The van der Waals surface area contributed by atoms with Gasteiger partial charge in [0.2, 0.25) is 0 Å². The van der Waals surface area contributed by atoms with Crippen molar-refractivity contribution in [1.82, 2.24) is 5.32 Å². The van der Waals surface area contributed by atoms with E-state index in [1.807, 2.05) is 24.3 Å². The van der Waals surface area contributed by atoms with E-state index < -0.39 is 6.09 Å². The van der Waals surface area contributed by atoms with Gasteiger partial charge in [-0.2, -0.15) is 0 Å². The van der Waals surface area contributed by atoms with Gasteiger partial charge in [-0.15, -0.1) is 0 Å². The molecule has 31 heavy (non-hydrogen) atoms. The van der Waals surface area contributed by atoms with E-state index in [2.05, 4.69) is 41.4 Å². The minimum Gasteiger partial charge on any atom is -0.449 e. The Balaban J connectivity index is 1.29. The Bertz CT molecular complexity index is 1150. The van der Waals surface area contributed by atoms with Crippen molar-refractivity contribution in [2.24, 2.45) is 0 Å². The van der Waals surface area contributed by atoms with Crippen LogP contribution in [0, 0.1) is 11.8 Å². The van der Waals surface area contributed by atoms with Crippen LogP contribution >= 0.6 is 11.6 Å². The van der Waals surface area contributed by atoms with Crippen molar-refractivity contribution < 1.29 is 14.3 Å². The van der Waals surface area contributed by atoms with Crippen molar-refractivity contribution in [2.45, 2.75) is 12.3 Å². The van der Waals surface area contributed by atoms with Gasteiger partial charge in [0.15, 0.2) is 0 Å². The fourth-order valence-electron chi connectivity index (χ4n) is 3.79. The Morgan fingerprint density at radius 1 is 1.03 bits per heavy atom. The molecule has 1 amide bonds. The first-order chi connectivity index (χ1) is 15.2. The number of aldehydes is 1. The third kappa shape index (κ3) is 4.79. The molecule has 1 N–H and O–H groups in total. The summed E-state index contributed by atoms with van der Waals surface area (Å²) in [4.78, 5) is 23.0. The molecule has 0 aliphatic heterocycles.